The molecule has 0 amide bonds. The Morgan fingerprint density at radius 3 is 2.21 bits per heavy atom. The average molecular weight is 439 g/mol. The molecule has 0 bridgehead atoms. The van der Waals surface area contributed by atoms with Crippen LogP contribution in [0.1, 0.15) is 31.2 Å². The lowest BCUT2D eigenvalue weighted by Gasteiger charge is -2.29. The third kappa shape index (κ3) is 11.9. The van der Waals surface area contributed by atoms with Crippen LogP contribution in [0.15, 0.2) is 30.3 Å². The molecular formula is C18H33BCl2N2O5. The molecule has 7 nitrogen and oxygen atoms in total. The zero-order valence-electron chi connectivity index (χ0n) is 16.1. The van der Waals surface area contributed by atoms with Gasteiger partial charge in [-0.25, -0.2) is 0 Å². The highest BCUT2D eigenvalue weighted by Gasteiger charge is 2.33. The van der Waals surface area contributed by atoms with Gasteiger partial charge in [-0.3, -0.25) is 4.79 Å². The van der Waals surface area contributed by atoms with Crippen LogP contribution in [-0.2, 0) is 11.2 Å². The zero-order valence-corrected chi connectivity index (χ0v) is 17.7. The van der Waals surface area contributed by atoms with Gasteiger partial charge in [-0.2, -0.15) is 0 Å². The summed E-state index contributed by atoms with van der Waals surface area (Å²) >= 11 is 0. The summed E-state index contributed by atoms with van der Waals surface area (Å²) in [5.41, 5.74) is 5.94. The van der Waals surface area contributed by atoms with Crippen LogP contribution in [0.4, 0.5) is 0 Å². The Hall–Kier alpha value is -0.865. The number of nitrogens with zero attached hydrogens (tertiary/aromatic N) is 1. The lowest BCUT2D eigenvalue weighted by Crippen LogP contribution is -2.50. The van der Waals surface area contributed by atoms with Crippen molar-refractivity contribution in [3.8, 4) is 0 Å². The number of benzene rings is 1. The summed E-state index contributed by atoms with van der Waals surface area (Å²) in [6.07, 6.45) is 2.62. The van der Waals surface area contributed by atoms with E-state index in [1.165, 1.54) is 5.56 Å². The molecule has 0 radical (unpaired) electrons. The van der Waals surface area contributed by atoms with Crippen LogP contribution in [0.3, 0.4) is 0 Å². The van der Waals surface area contributed by atoms with Crippen molar-refractivity contribution < 1.29 is 25.1 Å². The quantitative estimate of drug-likeness (QED) is 0.218. The molecule has 0 heterocycles. The van der Waals surface area contributed by atoms with Crippen molar-refractivity contribution in [2.24, 2.45) is 5.73 Å². The largest absolute Gasteiger partial charge is 0.480 e. The van der Waals surface area contributed by atoms with Gasteiger partial charge in [-0.15, -0.1) is 24.8 Å². The number of carboxylic acid groups (broad SMARTS) is 1. The van der Waals surface area contributed by atoms with Gasteiger partial charge in [0.25, 0.3) is 0 Å². The standard InChI is InChI=1S/C18H31BN2O5.2ClH/c20-18(17(23)24,9-4-5-11-19(25)26)10-13-21(14-15-22)12-8-16-6-2-1-3-7-16;;/h1-3,6-7,22,25-26H,4-5,8-15,20H2,(H,23,24);2*1H. The highest BCUT2D eigenvalue weighted by molar-refractivity contribution is 6.40. The Labute approximate surface area is 179 Å². The fourth-order valence-corrected chi connectivity index (χ4v) is 2.87. The molecule has 0 fully saturated rings. The van der Waals surface area contributed by atoms with Crippen molar-refractivity contribution >= 4 is 37.9 Å². The number of aliphatic hydroxyl groups is 1. The molecule has 1 rings (SSSR count). The smallest absolute Gasteiger partial charge is 0.451 e. The first-order valence-electron chi connectivity index (χ1n) is 9.13. The Bertz CT molecular complexity index is 528. The number of hydrogen-bond donors (Lipinski definition) is 5. The predicted octanol–water partition coefficient (Wildman–Crippen LogP) is 1.18. The summed E-state index contributed by atoms with van der Waals surface area (Å²) in [7, 11) is -1.37. The summed E-state index contributed by atoms with van der Waals surface area (Å²) in [6.45, 7) is 1.68. The number of aliphatic carboxylic acids is 1. The second-order valence-corrected chi connectivity index (χ2v) is 6.74. The van der Waals surface area contributed by atoms with Crippen LogP contribution >= 0.6 is 24.8 Å². The molecule has 0 spiro atoms. The third-order valence-corrected chi connectivity index (χ3v) is 4.61. The van der Waals surface area contributed by atoms with Gasteiger partial charge in [-0.05, 0) is 31.1 Å². The van der Waals surface area contributed by atoms with Crippen LogP contribution in [0.5, 0.6) is 0 Å². The Morgan fingerprint density at radius 1 is 1.04 bits per heavy atom. The van der Waals surface area contributed by atoms with Crippen molar-refractivity contribution in [2.45, 2.75) is 44.0 Å². The molecule has 6 N–H and O–H groups in total. The Balaban J connectivity index is 0. The summed E-state index contributed by atoms with van der Waals surface area (Å²) in [5.74, 6) is -1.05. The fourth-order valence-electron chi connectivity index (χ4n) is 2.87. The van der Waals surface area contributed by atoms with E-state index in [4.69, 9.17) is 15.8 Å². The second kappa shape index (κ2) is 16.0. The maximum Gasteiger partial charge on any atom is 0.451 e. The highest BCUT2D eigenvalue weighted by Crippen LogP contribution is 2.18. The number of rotatable bonds is 14. The Kier molecular flexibility index (Phi) is 16.8. The molecule has 0 aliphatic heterocycles. The van der Waals surface area contributed by atoms with Crippen LogP contribution in [-0.4, -0.2) is 70.0 Å². The van der Waals surface area contributed by atoms with E-state index >= 15 is 0 Å². The molecule has 162 valence electrons. The number of hydrogen-bond acceptors (Lipinski definition) is 6. The van der Waals surface area contributed by atoms with E-state index in [1.54, 1.807) is 0 Å². The molecule has 1 unspecified atom stereocenters. The molecule has 1 atom stereocenters. The SMILES string of the molecule is Cl.Cl.NC(CCCCB(O)O)(CCN(CCO)CCc1ccccc1)C(=O)O. The number of carbonyl (C=O) groups is 1. The monoisotopic (exact) mass is 438 g/mol. The summed E-state index contributed by atoms with van der Waals surface area (Å²) < 4.78 is 0. The molecule has 1 aromatic carbocycles. The first-order chi connectivity index (χ1) is 12.4. The summed E-state index contributed by atoms with van der Waals surface area (Å²) in [4.78, 5) is 13.6. The summed E-state index contributed by atoms with van der Waals surface area (Å²) in [6, 6.07) is 9.99. The van der Waals surface area contributed by atoms with E-state index in [-0.39, 0.29) is 50.6 Å². The number of nitrogens with two attached hydrogens (primary N) is 1. The van der Waals surface area contributed by atoms with Gasteiger partial charge in [0.15, 0.2) is 0 Å². The highest BCUT2D eigenvalue weighted by atomic mass is 35.5. The maximum atomic E-state index is 11.6. The first kappa shape index (κ1) is 29.3. The number of halogens is 2. The minimum absolute atomic E-state index is 0. The van der Waals surface area contributed by atoms with E-state index in [0.717, 1.165) is 13.0 Å². The van der Waals surface area contributed by atoms with E-state index in [1.807, 2.05) is 35.2 Å². The van der Waals surface area contributed by atoms with E-state index < -0.39 is 18.6 Å². The first-order valence-corrected chi connectivity index (χ1v) is 9.13. The molecule has 0 aliphatic rings. The lowest BCUT2D eigenvalue weighted by molar-refractivity contribution is -0.144. The van der Waals surface area contributed by atoms with Crippen molar-refractivity contribution in [1.29, 1.82) is 0 Å². The minimum atomic E-state index is -1.37. The van der Waals surface area contributed by atoms with Gasteiger partial charge in [0.1, 0.15) is 5.54 Å². The van der Waals surface area contributed by atoms with Crippen LogP contribution in [0.2, 0.25) is 6.32 Å². The minimum Gasteiger partial charge on any atom is -0.480 e. The predicted molar refractivity (Wildman–Crippen MR) is 116 cm³/mol. The molecular weight excluding hydrogens is 406 g/mol. The third-order valence-electron chi connectivity index (χ3n) is 4.61. The molecule has 0 aliphatic carbocycles. The summed E-state index contributed by atoms with van der Waals surface area (Å²) in [5, 5.41) is 36.5. The van der Waals surface area contributed by atoms with Crippen molar-refractivity contribution in [3.63, 3.8) is 0 Å². The Morgan fingerprint density at radius 2 is 1.68 bits per heavy atom. The van der Waals surface area contributed by atoms with E-state index in [9.17, 15) is 15.0 Å². The van der Waals surface area contributed by atoms with E-state index in [2.05, 4.69) is 0 Å². The van der Waals surface area contributed by atoms with Gasteiger partial charge in [0.05, 0.1) is 6.61 Å². The fraction of sp³-hybridized carbons (Fsp3) is 0.611. The molecule has 10 heteroatoms. The normalized spacial score (nSPS) is 12.6. The zero-order chi connectivity index (χ0) is 19.4. The van der Waals surface area contributed by atoms with Crippen LogP contribution < -0.4 is 5.73 Å². The topological polar surface area (TPSA) is 127 Å². The van der Waals surface area contributed by atoms with Gasteiger partial charge < -0.3 is 30.9 Å². The van der Waals surface area contributed by atoms with Gasteiger partial charge in [-0.1, -0.05) is 43.2 Å². The van der Waals surface area contributed by atoms with Crippen molar-refractivity contribution in [2.75, 3.05) is 26.2 Å². The van der Waals surface area contributed by atoms with Crippen molar-refractivity contribution in [3.05, 3.63) is 35.9 Å². The maximum absolute atomic E-state index is 11.6. The van der Waals surface area contributed by atoms with Gasteiger partial charge in [0.2, 0.25) is 0 Å². The van der Waals surface area contributed by atoms with Gasteiger partial charge in [0, 0.05) is 19.6 Å². The van der Waals surface area contributed by atoms with Gasteiger partial charge >= 0.3 is 13.1 Å². The molecule has 1 aromatic rings. The van der Waals surface area contributed by atoms with Crippen molar-refractivity contribution in [1.82, 2.24) is 4.90 Å². The molecule has 0 aromatic heterocycles. The second-order valence-electron chi connectivity index (χ2n) is 6.74. The number of unbranched alkanes of at least 4 members (excludes halogenated alkanes) is 1. The average Bonchev–Trinajstić information content (AvgIpc) is 2.61. The van der Waals surface area contributed by atoms with Crippen LogP contribution in [0.25, 0.3) is 0 Å². The molecule has 28 heavy (non-hydrogen) atoms. The van der Waals surface area contributed by atoms with E-state index in [0.29, 0.717) is 25.9 Å². The lowest BCUT2D eigenvalue weighted by atomic mass is 9.81. The molecule has 0 saturated heterocycles. The number of aliphatic hydroxyl groups excluding tert-OH is 1. The van der Waals surface area contributed by atoms with Crippen LogP contribution in [0, 0.1) is 0 Å². The number of carboxylic acids is 1. The molecule has 0 saturated carbocycles.